The van der Waals surface area contributed by atoms with Gasteiger partial charge >= 0.3 is 5.97 Å². The minimum Gasteiger partial charge on any atom is -0.478 e. The Hall–Kier alpha value is -3.02. The number of aryl methyl sites for hydroxylation is 1. The van der Waals surface area contributed by atoms with Crippen LogP contribution in [0, 0.1) is 0 Å². The van der Waals surface area contributed by atoms with Gasteiger partial charge in [0.15, 0.2) is 5.82 Å². The third-order valence-corrected chi connectivity index (χ3v) is 4.64. The van der Waals surface area contributed by atoms with Crippen molar-refractivity contribution in [3.63, 3.8) is 0 Å². The van der Waals surface area contributed by atoms with Crippen molar-refractivity contribution in [3.8, 4) is 11.1 Å². The molecular formula is C22H26N4O2. The molecule has 0 saturated carbocycles. The molecule has 6 nitrogen and oxygen atoms in total. The van der Waals surface area contributed by atoms with E-state index in [0.717, 1.165) is 42.2 Å². The number of carboxylic acids is 1. The summed E-state index contributed by atoms with van der Waals surface area (Å²) < 4.78 is 1.94. The van der Waals surface area contributed by atoms with Crippen LogP contribution >= 0.6 is 0 Å². The first-order valence-corrected chi connectivity index (χ1v) is 9.70. The molecule has 6 heteroatoms. The topological polar surface area (TPSA) is 80.9 Å². The summed E-state index contributed by atoms with van der Waals surface area (Å²) in [6.45, 7) is 6.91. The minimum atomic E-state index is -0.941. The number of nitrogens with zero attached hydrogens (tertiary/aromatic N) is 4. The Kier molecular flexibility index (Phi) is 6.19. The second-order valence-corrected chi connectivity index (χ2v) is 7.19. The molecule has 0 atom stereocenters. The van der Waals surface area contributed by atoms with Crippen LogP contribution in [0.2, 0.25) is 0 Å². The van der Waals surface area contributed by atoms with Crippen molar-refractivity contribution in [2.24, 2.45) is 0 Å². The van der Waals surface area contributed by atoms with Crippen LogP contribution in [-0.2, 0) is 13.0 Å². The van der Waals surface area contributed by atoms with Gasteiger partial charge in [-0.2, -0.15) is 5.10 Å². The molecule has 1 aromatic carbocycles. The molecule has 0 amide bonds. The van der Waals surface area contributed by atoms with Gasteiger partial charge in [-0.05, 0) is 24.1 Å². The highest BCUT2D eigenvalue weighted by molar-refractivity contribution is 5.95. The fourth-order valence-corrected chi connectivity index (χ4v) is 3.04. The second-order valence-electron chi connectivity index (χ2n) is 7.19. The Labute approximate surface area is 165 Å². The van der Waals surface area contributed by atoms with Crippen molar-refractivity contribution in [1.82, 2.24) is 19.7 Å². The monoisotopic (exact) mass is 378 g/mol. The molecule has 0 radical (unpaired) electrons. The molecule has 0 bridgehead atoms. The van der Waals surface area contributed by atoms with Crippen LogP contribution < -0.4 is 0 Å². The van der Waals surface area contributed by atoms with E-state index >= 15 is 0 Å². The summed E-state index contributed by atoms with van der Waals surface area (Å²) in [5.41, 5.74) is 2.60. The van der Waals surface area contributed by atoms with E-state index in [0.29, 0.717) is 12.1 Å². The summed E-state index contributed by atoms with van der Waals surface area (Å²) >= 11 is 0. The lowest BCUT2D eigenvalue weighted by molar-refractivity contribution is 0.0697. The molecule has 3 aromatic rings. The molecule has 3 rings (SSSR count). The van der Waals surface area contributed by atoms with Crippen molar-refractivity contribution in [3.05, 3.63) is 65.5 Å². The summed E-state index contributed by atoms with van der Waals surface area (Å²) in [6.07, 6.45) is 4.82. The van der Waals surface area contributed by atoms with Crippen molar-refractivity contribution in [2.45, 2.75) is 52.5 Å². The fraction of sp³-hybridized carbons (Fsp3) is 0.364. The number of rotatable bonds is 8. The van der Waals surface area contributed by atoms with E-state index in [1.54, 1.807) is 24.4 Å². The zero-order valence-electron chi connectivity index (χ0n) is 16.6. The molecule has 0 fully saturated rings. The van der Waals surface area contributed by atoms with Crippen LogP contribution in [-0.4, -0.2) is 30.8 Å². The predicted molar refractivity (Wildman–Crippen MR) is 108 cm³/mol. The third kappa shape index (κ3) is 4.44. The SMILES string of the molecule is CCCCc1nc(C(C)C)nn1Cc1ccc(-c2ccccc2C(=O)O)cn1. The lowest BCUT2D eigenvalue weighted by atomic mass is 10.0. The number of unbranched alkanes of at least 4 members (excludes halogenated alkanes) is 1. The van der Waals surface area contributed by atoms with Gasteiger partial charge in [-0.1, -0.05) is 51.5 Å². The first-order valence-electron chi connectivity index (χ1n) is 9.70. The van der Waals surface area contributed by atoms with Crippen molar-refractivity contribution >= 4 is 5.97 Å². The van der Waals surface area contributed by atoms with Gasteiger partial charge in [0, 0.05) is 24.1 Å². The quantitative estimate of drug-likeness (QED) is 0.622. The van der Waals surface area contributed by atoms with Crippen LogP contribution in [0.25, 0.3) is 11.1 Å². The van der Waals surface area contributed by atoms with Crippen LogP contribution in [0.15, 0.2) is 42.6 Å². The van der Waals surface area contributed by atoms with Gasteiger partial charge in [0.05, 0.1) is 17.8 Å². The predicted octanol–water partition coefficient (Wildman–Crippen LogP) is 4.55. The number of hydrogen-bond donors (Lipinski definition) is 1. The maximum atomic E-state index is 11.4. The minimum absolute atomic E-state index is 0.275. The second kappa shape index (κ2) is 8.78. The molecule has 0 aliphatic heterocycles. The van der Waals surface area contributed by atoms with Crippen molar-refractivity contribution < 1.29 is 9.90 Å². The number of pyridine rings is 1. The highest BCUT2D eigenvalue weighted by Gasteiger charge is 2.14. The summed E-state index contributed by atoms with van der Waals surface area (Å²) in [5, 5.41) is 14.0. The normalized spacial score (nSPS) is 11.1. The largest absolute Gasteiger partial charge is 0.478 e. The molecule has 0 unspecified atom stereocenters. The third-order valence-electron chi connectivity index (χ3n) is 4.64. The fourth-order valence-electron chi connectivity index (χ4n) is 3.04. The number of aromatic nitrogens is 4. The van der Waals surface area contributed by atoms with E-state index in [2.05, 4.69) is 30.9 Å². The molecule has 28 heavy (non-hydrogen) atoms. The lowest BCUT2D eigenvalue weighted by Crippen LogP contribution is -2.08. The van der Waals surface area contributed by atoms with Crippen molar-refractivity contribution in [2.75, 3.05) is 0 Å². The van der Waals surface area contributed by atoms with Crippen LogP contribution in [0.5, 0.6) is 0 Å². The first-order chi connectivity index (χ1) is 13.5. The summed E-state index contributed by atoms with van der Waals surface area (Å²) in [5.74, 6) is 1.19. The molecule has 0 aliphatic carbocycles. The van der Waals surface area contributed by atoms with E-state index in [9.17, 15) is 9.90 Å². The highest BCUT2D eigenvalue weighted by Crippen LogP contribution is 2.23. The van der Waals surface area contributed by atoms with E-state index in [-0.39, 0.29) is 11.5 Å². The summed E-state index contributed by atoms with van der Waals surface area (Å²) in [4.78, 5) is 20.7. The van der Waals surface area contributed by atoms with E-state index in [1.165, 1.54) is 0 Å². The van der Waals surface area contributed by atoms with Crippen molar-refractivity contribution in [1.29, 1.82) is 0 Å². The molecule has 0 aliphatic rings. The molecule has 2 aromatic heterocycles. The maximum Gasteiger partial charge on any atom is 0.336 e. The number of carbonyl (C=O) groups is 1. The number of carboxylic acid groups (broad SMARTS) is 1. The van der Waals surface area contributed by atoms with Gasteiger partial charge in [0.1, 0.15) is 5.82 Å². The van der Waals surface area contributed by atoms with Gasteiger partial charge in [0.25, 0.3) is 0 Å². The lowest BCUT2D eigenvalue weighted by Gasteiger charge is -2.08. The maximum absolute atomic E-state index is 11.4. The smallest absolute Gasteiger partial charge is 0.336 e. The Bertz CT molecular complexity index is 945. The molecule has 0 saturated heterocycles. The average Bonchev–Trinajstić information content (AvgIpc) is 3.10. The van der Waals surface area contributed by atoms with Gasteiger partial charge in [0.2, 0.25) is 0 Å². The van der Waals surface area contributed by atoms with Crippen LogP contribution in [0.3, 0.4) is 0 Å². The number of aromatic carboxylic acids is 1. The van der Waals surface area contributed by atoms with Gasteiger partial charge < -0.3 is 5.11 Å². The Morgan fingerprint density at radius 3 is 2.61 bits per heavy atom. The molecule has 0 spiro atoms. The van der Waals surface area contributed by atoms with Crippen LogP contribution in [0.1, 0.15) is 67.2 Å². The number of benzene rings is 1. The van der Waals surface area contributed by atoms with E-state index in [4.69, 9.17) is 4.98 Å². The zero-order valence-corrected chi connectivity index (χ0v) is 16.6. The summed E-state index contributed by atoms with van der Waals surface area (Å²) in [6, 6.07) is 10.8. The molecule has 146 valence electrons. The Morgan fingerprint density at radius 1 is 1.18 bits per heavy atom. The molecular weight excluding hydrogens is 352 g/mol. The van der Waals surface area contributed by atoms with Gasteiger partial charge in [-0.3, -0.25) is 4.98 Å². The molecule has 2 heterocycles. The molecule has 1 N–H and O–H groups in total. The van der Waals surface area contributed by atoms with Gasteiger partial charge in [-0.25, -0.2) is 14.5 Å². The van der Waals surface area contributed by atoms with Crippen LogP contribution in [0.4, 0.5) is 0 Å². The van der Waals surface area contributed by atoms with E-state index < -0.39 is 5.97 Å². The average molecular weight is 378 g/mol. The van der Waals surface area contributed by atoms with E-state index in [1.807, 2.05) is 22.9 Å². The zero-order chi connectivity index (χ0) is 20.1. The van der Waals surface area contributed by atoms with Gasteiger partial charge in [-0.15, -0.1) is 0 Å². The Morgan fingerprint density at radius 2 is 1.96 bits per heavy atom. The number of hydrogen-bond acceptors (Lipinski definition) is 4. The highest BCUT2D eigenvalue weighted by atomic mass is 16.4. The standard InChI is InChI=1S/C22H26N4O2/c1-4-5-10-20-24-21(15(2)3)25-26(20)14-17-12-11-16(13-23-17)18-8-6-7-9-19(18)22(27)28/h6-9,11-13,15H,4-5,10,14H2,1-3H3,(H,27,28). The Balaban J connectivity index is 1.84. The summed E-state index contributed by atoms with van der Waals surface area (Å²) in [7, 11) is 0. The first kappa shape index (κ1) is 19.7.